The SMILES string of the molecule is COc1ccc(O)c(C=Nc2ncccc2C(=O)O)c1. The van der Waals surface area contributed by atoms with E-state index in [1.165, 1.54) is 37.7 Å². The number of aromatic nitrogens is 1. The third-order valence-corrected chi connectivity index (χ3v) is 2.58. The Kier molecular flexibility index (Phi) is 3.95. The third kappa shape index (κ3) is 2.92. The fraction of sp³-hybridized carbons (Fsp3) is 0.0714. The van der Waals surface area contributed by atoms with Crippen LogP contribution in [0.2, 0.25) is 0 Å². The molecule has 1 aromatic heterocycles. The van der Waals surface area contributed by atoms with E-state index in [0.717, 1.165) is 0 Å². The number of benzene rings is 1. The molecule has 0 aliphatic rings. The lowest BCUT2D eigenvalue weighted by Gasteiger charge is -2.03. The van der Waals surface area contributed by atoms with E-state index in [0.29, 0.717) is 11.3 Å². The Bertz CT molecular complexity index is 668. The zero-order valence-corrected chi connectivity index (χ0v) is 10.6. The Morgan fingerprint density at radius 1 is 1.40 bits per heavy atom. The molecule has 1 aromatic carbocycles. The van der Waals surface area contributed by atoms with Crippen LogP contribution in [0.5, 0.6) is 11.5 Å². The molecule has 102 valence electrons. The minimum atomic E-state index is -1.11. The molecule has 0 atom stereocenters. The predicted molar refractivity (Wildman–Crippen MR) is 73.1 cm³/mol. The quantitative estimate of drug-likeness (QED) is 0.833. The van der Waals surface area contributed by atoms with Gasteiger partial charge in [0.2, 0.25) is 0 Å². The van der Waals surface area contributed by atoms with Gasteiger partial charge in [-0.2, -0.15) is 0 Å². The topological polar surface area (TPSA) is 92.0 Å². The number of phenols is 1. The summed E-state index contributed by atoms with van der Waals surface area (Å²) in [7, 11) is 1.51. The van der Waals surface area contributed by atoms with Crippen molar-refractivity contribution in [1.82, 2.24) is 4.98 Å². The molecule has 0 aliphatic carbocycles. The van der Waals surface area contributed by atoms with Gasteiger partial charge in [-0.15, -0.1) is 0 Å². The second kappa shape index (κ2) is 5.83. The monoisotopic (exact) mass is 272 g/mol. The fourth-order valence-electron chi connectivity index (χ4n) is 1.56. The largest absolute Gasteiger partial charge is 0.507 e. The van der Waals surface area contributed by atoms with E-state index < -0.39 is 5.97 Å². The van der Waals surface area contributed by atoms with Crippen molar-refractivity contribution < 1.29 is 19.7 Å². The van der Waals surface area contributed by atoms with Crippen molar-refractivity contribution in [2.45, 2.75) is 0 Å². The molecule has 2 rings (SSSR count). The lowest BCUT2D eigenvalue weighted by molar-refractivity contribution is 0.0697. The van der Waals surface area contributed by atoms with E-state index in [1.54, 1.807) is 12.1 Å². The summed E-state index contributed by atoms with van der Waals surface area (Å²) in [6.45, 7) is 0. The number of carboxylic acid groups (broad SMARTS) is 1. The first-order valence-corrected chi connectivity index (χ1v) is 5.71. The number of hydrogen-bond acceptors (Lipinski definition) is 5. The number of aromatic carboxylic acids is 1. The lowest BCUT2D eigenvalue weighted by Crippen LogP contribution is -1.97. The van der Waals surface area contributed by atoms with Crippen molar-refractivity contribution in [1.29, 1.82) is 0 Å². The maximum absolute atomic E-state index is 11.0. The average molecular weight is 272 g/mol. The number of carbonyl (C=O) groups is 1. The number of nitrogens with zero attached hydrogens (tertiary/aromatic N) is 2. The number of pyridine rings is 1. The molecule has 0 radical (unpaired) electrons. The molecule has 0 fully saturated rings. The molecular weight excluding hydrogens is 260 g/mol. The predicted octanol–water partition coefficient (Wildman–Crippen LogP) is 2.24. The van der Waals surface area contributed by atoms with E-state index in [-0.39, 0.29) is 17.1 Å². The Morgan fingerprint density at radius 3 is 2.90 bits per heavy atom. The Morgan fingerprint density at radius 2 is 2.20 bits per heavy atom. The Labute approximate surface area is 115 Å². The van der Waals surface area contributed by atoms with Crippen molar-refractivity contribution in [3.8, 4) is 11.5 Å². The number of carboxylic acids is 1. The van der Waals surface area contributed by atoms with Crippen LogP contribution in [0.25, 0.3) is 0 Å². The highest BCUT2D eigenvalue weighted by Crippen LogP contribution is 2.22. The number of aromatic hydroxyl groups is 1. The Hall–Kier alpha value is -2.89. The van der Waals surface area contributed by atoms with E-state index in [4.69, 9.17) is 9.84 Å². The number of rotatable bonds is 4. The minimum Gasteiger partial charge on any atom is -0.507 e. The smallest absolute Gasteiger partial charge is 0.339 e. The van der Waals surface area contributed by atoms with Gasteiger partial charge in [0.25, 0.3) is 0 Å². The number of aliphatic imine (C=N–C) groups is 1. The summed E-state index contributed by atoms with van der Waals surface area (Å²) < 4.78 is 5.04. The van der Waals surface area contributed by atoms with Crippen molar-refractivity contribution in [2.24, 2.45) is 4.99 Å². The number of ether oxygens (including phenoxy) is 1. The molecule has 2 N–H and O–H groups in total. The first-order chi connectivity index (χ1) is 9.61. The van der Waals surface area contributed by atoms with Crippen LogP contribution in [0.3, 0.4) is 0 Å². The highest BCUT2D eigenvalue weighted by atomic mass is 16.5. The highest BCUT2D eigenvalue weighted by Gasteiger charge is 2.09. The average Bonchev–Trinajstić information content (AvgIpc) is 2.46. The van der Waals surface area contributed by atoms with Gasteiger partial charge in [0.1, 0.15) is 17.1 Å². The highest BCUT2D eigenvalue weighted by molar-refractivity contribution is 5.94. The van der Waals surface area contributed by atoms with Gasteiger partial charge in [-0.1, -0.05) is 0 Å². The van der Waals surface area contributed by atoms with Crippen molar-refractivity contribution in [2.75, 3.05) is 7.11 Å². The molecule has 0 spiro atoms. The van der Waals surface area contributed by atoms with E-state index in [2.05, 4.69) is 9.98 Å². The van der Waals surface area contributed by atoms with Crippen molar-refractivity contribution >= 4 is 18.0 Å². The van der Waals surface area contributed by atoms with Gasteiger partial charge < -0.3 is 14.9 Å². The van der Waals surface area contributed by atoms with Crippen LogP contribution in [0.15, 0.2) is 41.5 Å². The van der Waals surface area contributed by atoms with E-state index in [1.807, 2.05) is 0 Å². The second-order valence-corrected chi connectivity index (χ2v) is 3.86. The first-order valence-electron chi connectivity index (χ1n) is 5.71. The molecule has 0 aliphatic heterocycles. The molecule has 6 heteroatoms. The summed E-state index contributed by atoms with van der Waals surface area (Å²) in [6, 6.07) is 7.59. The molecule has 0 amide bonds. The molecule has 0 saturated heterocycles. The molecule has 1 heterocycles. The van der Waals surface area contributed by atoms with Crippen LogP contribution in [-0.4, -0.2) is 34.5 Å². The van der Waals surface area contributed by atoms with Gasteiger partial charge in [0, 0.05) is 18.0 Å². The summed E-state index contributed by atoms with van der Waals surface area (Å²) in [5, 5.41) is 18.7. The zero-order valence-electron chi connectivity index (χ0n) is 10.6. The van der Waals surface area contributed by atoms with Crippen LogP contribution in [0, 0.1) is 0 Å². The van der Waals surface area contributed by atoms with Gasteiger partial charge in [0.05, 0.1) is 7.11 Å². The normalized spacial score (nSPS) is 10.7. The standard InChI is InChI=1S/C14H12N2O4/c1-20-10-4-5-12(17)9(7-10)8-16-13-11(14(18)19)3-2-6-15-13/h2-8,17H,1H3,(H,18,19). The second-order valence-electron chi connectivity index (χ2n) is 3.86. The van der Waals surface area contributed by atoms with Crippen molar-refractivity contribution in [3.05, 3.63) is 47.7 Å². The van der Waals surface area contributed by atoms with Gasteiger partial charge in [0.15, 0.2) is 5.82 Å². The first kappa shape index (κ1) is 13.5. The minimum absolute atomic E-state index is 0.00821. The summed E-state index contributed by atoms with van der Waals surface area (Å²) in [5.74, 6) is -0.464. The molecule has 0 unspecified atom stereocenters. The van der Waals surface area contributed by atoms with Gasteiger partial charge in [-0.3, -0.25) is 0 Å². The van der Waals surface area contributed by atoms with Crippen LogP contribution in [-0.2, 0) is 0 Å². The molecular formula is C14H12N2O4. The third-order valence-electron chi connectivity index (χ3n) is 2.58. The van der Waals surface area contributed by atoms with E-state index >= 15 is 0 Å². The van der Waals surface area contributed by atoms with Crippen LogP contribution >= 0.6 is 0 Å². The maximum Gasteiger partial charge on any atom is 0.339 e. The molecule has 20 heavy (non-hydrogen) atoms. The number of hydrogen-bond donors (Lipinski definition) is 2. The van der Waals surface area contributed by atoms with Crippen LogP contribution in [0.4, 0.5) is 5.82 Å². The maximum atomic E-state index is 11.0. The van der Waals surface area contributed by atoms with Gasteiger partial charge in [-0.05, 0) is 30.3 Å². The number of methoxy groups -OCH3 is 1. The van der Waals surface area contributed by atoms with Crippen molar-refractivity contribution in [3.63, 3.8) is 0 Å². The summed E-state index contributed by atoms with van der Waals surface area (Å²) in [5.41, 5.74) is 0.400. The van der Waals surface area contributed by atoms with Gasteiger partial charge >= 0.3 is 5.97 Å². The zero-order chi connectivity index (χ0) is 14.5. The molecule has 6 nitrogen and oxygen atoms in total. The molecule has 2 aromatic rings. The Balaban J connectivity index is 2.37. The summed E-state index contributed by atoms with van der Waals surface area (Å²) >= 11 is 0. The van der Waals surface area contributed by atoms with E-state index in [9.17, 15) is 9.90 Å². The molecule has 0 saturated carbocycles. The van der Waals surface area contributed by atoms with Gasteiger partial charge in [-0.25, -0.2) is 14.8 Å². The van der Waals surface area contributed by atoms with Crippen LogP contribution < -0.4 is 4.74 Å². The number of phenolic OH excluding ortho intramolecular Hbond substituents is 1. The van der Waals surface area contributed by atoms with Crippen LogP contribution in [0.1, 0.15) is 15.9 Å². The lowest BCUT2D eigenvalue weighted by atomic mass is 10.2. The summed E-state index contributed by atoms with van der Waals surface area (Å²) in [4.78, 5) is 18.9. The molecule has 0 bridgehead atoms. The summed E-state index contributed by atoms with van der Waals surface area (Å²) in [6.07, 6.45) is 2.79. The fourth-order valence-corrected chi connectivity index (χ4v) is 1.56.